The second-order valence-corrected chi connectivity index (χ2v) is 7.77. The van der Waals surface area contributed by atoms with E-state index >= 15 is 0 Å². The molecule has 1 N–H and O–H groups in total. The summed E-state index contributed by atoms with van der Waals surface area (Å²) in [6, 6.07) is 8.82. The molecule has 1 unspecified atom stereocenters. The molecule has 2 aliphatic rings. The number of likely N-dealkylation sites (tertiary alicyclic amines) is 1. The van der Waals surface area contributed by atoms with Gasteiger partial charge in [0.15, 0.2) is 0 Å². The van der Waals surface area contributed by atoms with Crippen molar-refractivity contribution in [1.82, 2.24) is 10.2 Å². The monoisotopic (exact) mass is 351 g/mol. The summed E-state index contributed by atoms with van der Waals surface area (Å²) in [6.07, 6.45) is 8.52. The van der Waals surface area contributed by atoms with Crippen LogP contribution in [-0.4, -0.2) is 23.9 Å². The maximum atomic E-state index is 12.6. The Labute approximate surface area is 156 Å². The standard InChI is InChI=1S/C22H29N3O/c1-16-9-11-25(12-10-16)22(26)21(14-23)15-24-17(2)19-8-7-18-5-3-4-6-20(18)13-19/h7-8,13,15-17,24H,3-6,9-12H2,1-2H3/b21-15-. The highest BCUT2D eigenvalue weighted by Crippen LogP contribution is 2.25. The summed E-state index contributed by atoms with van der Waals surface area (Å²) in [7, 11) is 0. The number of benzene rings is 1. The Bertz CT molecular complexity index is 723. The number of nitrogens with one attached hydrogen (secondary N) is 1. The number of nitrogens with zero attached hydrogens (tertiary/aromatic N) is 2. The van der Waals surface area contributed by atoms with Crippen LogP contribution in [0.15, 0.2) is 30.0 Å². The minimum Gasteiger partial charge on any atom is -0.383 e. The summed E-state index contributed by atoms with van der Waals surface area (Å²) < 4.78 is 0. The third-order valence-corrected chi connectivity index (χ3v) is 5.77. The van der Waals surface area contributed by atoms with Crippen molar-refractivity contribution >= 4 is 5.91 Å². The number of fused-ring (bicyclic) bond motifs is 1. The fourth-order valence-corrected chi connectivity index (χ4v) is 3.85. The fourth-order valence-electron chi connectivity index (χ4n) is 3.85. The molecular weight excluding hydrogens is 322 g/mol. The number of carbonyl (C=O) groups excluding carboxylic acids is 1. The Balaban J connectivity index is 1.65. The van der Waals surface area contributed by atoms with E-state index in [-0.39, 0.29) is 17.5 Å². The quantitative estimate of drug-likeness (QED) is 0.661. The lowest BCUT2D eigenvalue weighted by Gasteiger charge is -2.30. The summed E-state index contributed by atoms with van der Waals surface area (Å²) >= 11 is 0. The van der Waals surface area contributed by atoms with Crippen LogP contribution < -0.4 is 5.32 Å². The van der Waals surface area contributed by atoms with Gasteiger partial charge < -0.3 is 10.2 Å². The predicted octanol–water partition coefficient (Wildman–Crippen LogP) is 3.88. The zero-order valence-electron chi connectivity index (χ0n) is 15.9. The molecule has 1 saturated heterocycles. The number of piperidine rings is 1. The maximum Gasteiger partial charge on any atom is 0.265 e. The first-order valence-electron chi connectivity index (χ1n) is 9.85. The van der Waals surface area contributed by atoms with Gasteiger partial charge in [-0.05, 0) is 68.1 Å². The van der Waals surface area contributed by atoms with Crippen LogP contribution in [0, 0.1) is 17.2 Å². The molecule has 1 aliphatic heterocycles. The minimum absolute atomic E-state index is 0.0692. The number of hydrogen-bond donors (Lipinski definition) is 1. The molecule has 1 atom stereocenters. The summed E-state index contributed by atoms with van der Waals surface area (Å²) in [4.78, 5) is 14.4. The fraction of sp³-hybridized carbons (Fsp3) is 0.545. The lowest BCUT2D eigenvalue weighted by atomic mass is 9.89. The number of nitriles is 1. The van der Waals surface area contributed by atoms with Gasteiger partial charge in [-0.15, -0.1) is 0 Å². The van der Waals surface area contributed by atoms with Gasteiger partial charge >= 0.3 is 0 Å². The zero-order valence-corrected chi connectivity index (χ0v) is 15.9. The van der Waals surface area contributed by atoms with Crippen molar-refractivity contribution in [3.63, 3.8) is 0 Å². The van der Waals surface area contributed by atoms with E-state index in [4.69, 9.17) is 0 Å². The van der Waals surface area contributed by atoms with Crippen molar-refractivity contribution < 1.29 is 4.79 Å². The maximum absolute atomic E-state index is 12.6. The van der Waals surface area contributed by atoms with Gasteiger partial charge in [-0.2, -0.15) is 5.26 Å². The molecule has 0 spiro atoms. The zero-order chi connectivity index (χ0) is 18.5. The van der Waals surface area contributed by atoms with Crippen molar-refractivity contribution in [2.45, 2.75) is 58.4 Å². The van der Waals surface area contributed by atoms with E-state index in [0.717, 1.165) is 32.4 Å². The molecule has 0 aromatic heterocycles. The largest absolute Gasteiger partial charge is 0.383 e. The number of rotatable bonds is 4. The Morgan fingerprint density at radius 1 is 1.27 bits per heavy atom. The smallest absolute Gasteiger partial charge is 0.265 e. The van der Waals surface area contributed by atoms with E-state index < -0.39 is 0 Å². The van der Waals surface area contributed by atoms with E-state index in [1.54, 1.807) is 11.1 Å². The van der Waals surface area contributed by atoms with Gasteiger partial charge in [0.1, 0.15) is 11.6 Å². The van der Waals surface area contributed by atoms with E-state index in [1.165, 1.54) is 36.0 Å². The molecule has 4 heteroatoms. The SMILES string of the molecule is CC1CCN(C(=O)/C(C#N)=C\NC(C)c2ccc3c(c2)CCCC3)CC1. The highest BCUT2D eigenvalue weighted by molar-refractivity contribution is 5.97. The molecule has 26 heavy (non-hydrogen) atoms. The van der Waals surface area contributed by atoms with Crippen LogP contribution in [0.3, 0.4) is 0 Å². The van der Waals surface area contributed by atoms with E-state index in [1.807, 2.05) is 0 Å². The van der Waals surface area contributed by atoms with E-state index in [9.17, 15) is 10.1 Å². The molecule has 1 aromatic carbocycles. The average molecular weight is 351 g/mol. The first-order valence-corrected chi connectivity index (χ1v) is 9.85. The van der Waals surface area contributed by atoms with E-state index in [0.29, 0.717) is 5.92 Å². The number of hydrogen-bond acceptors (Lipinski definition) is 3. The molecule has 0 saturated carbocycles. The van der Waals surface area contributed by atoms with Crippen LogP contribution in [0.25, 0.3) is 0 Å². The van der Waals surface area contributed by atoms with Crippen LogP contribution in [0.5, 0.6) is 0 Å². The molecule has 0 bridgehead atoms. The lowest BCUT2D eigenvalue weighted by Crippen LogP contribution is -2.38. The van der Waals surface area contributed by atoms with Crippen LogP contribution in [0.2, 0.25) is 0 Å². The lowest BCUT2D eigenvalue weighted by molar-refractivity contribution is -0.128. The van der Waals surface area contributed by atoms with Crippen LogP contribution in [-0.2, 0) is 17.6 Å². The van der Waals surface area contributed by atoms with Crippen LogP contribution >= 0.6 is 0 Å². The second-order valence-electron chi connectivity index (χ2n) is 7.77. The molecule has 1 aromatic rings. The topological polar surface area (TPSA) is 56.1 Å². The molecule has 138 valence electrons. The van der Waals surface area contributed by atoms with Gasteiger partial charge in [-0.1, -0.05) is 25.1 Å². The van der Waals surface area contributed by atoms with Gasteiger partial charge in [0.05, 0.1) is 0 Å². The van der Waals surface area contributed by atoms with Crippen LogP contribution in [0.4, 0.5) is 0 Å². The molecule has 1 amide bonds. The Kier molecular flexibility index (Phi) is 5.98. The summed E-state index contributed by atoms with van der Waals surface area (Å²) in [5.74, 6) is 0.514. The first kappa shape index (κ1) is 18.5. The van der Waals surface area contributed by atoms with E-state index in [2.05, 4.69) is 43.4 Å². The van der Waals surface area contributed by atoms with Crippen molar-refractivity contribution in [2.24, 2.45) is 5.92 Å². The molecule has 3 rings (SSSR count). The van der Waals surface area contributed by atoms with Gasteiger partial charge in [0.2, 0.25) is 0 Å². The molecule has 1 fully saturated rings. The van der Waals surface area contributed by atoms with Crippen molar-refractivity contribution in [1.29, 1.82) is 5.26 Å². The summed E-state index contributed by atoms with van der Waals surface area (Å²) in [6.45, 7) is 5.78. The third kappa shape index (κ3) is 4.27. The van der Waals surface area contributed by atoms with Gasteiger partial charge in [-0.3, -0.25) is 4.79 Å². The normalized spacial score (nSPS) is 19.4. The summed E-state index contributed by atoms with van der Waals surface area (Å²) in [5, 5.41) is 12.7. The molecule has 1 aliphatic carbocycles. The van der Waals surface area contributed by atoms with Gasteiger partial charge in [0, 0.05) is 25.3 Å². The first-order chi connectivity index (χ1) is 12.6. The predicted molar refractivity (Wildman–Crippen MR) is 103 cm³/mol. The molecule has 1 heterocycles. The number of carbonyl (C=O) groups is 1. The van der Waals surface area contributed by atoms with Crippen molar-refractivity contribution in [3.8, 4) is 6.07 Å². The van der Waals surface area contributed by atoms with Gasteiger partial charge in [-0.25, -0.2) is 0 Å². The highest BCUT2D eigenvalue weighted by Gasteiger charge is 2.23. The molecule has 0 radical (unpaired) electrons. The number of aryl methyl sites for hydroxylation is 2. The second kappa shape index (κ2) is 8.40. The van der Waals surface area contributed by atoms with Crippen molar-refractivity contribution in [2.75, 3.05) is 13.1 Å². The van der Waals surface area contributed by atoms with Crippen molar-refractivity contribution in [3.05, 3.63) is 46.7 Å². The minimum atomic E-state index is -0.149. The number of amides is 1. The molecule has 4 nitrogen and oxygen atoms in total. The Morgan fingerprint density at radius 2 is 1.96 bits per heavy atom. The Morgan fingerprint density at radius 3 is 2.65 bits per heavy atom. The molecular formula is C22H29N3O. The van der Waals surface area contributed by atoms with Crippen LogP contribution in [0.1, 0.15) is 62.3 Å². The third-order valence-electron chi connectivity index (χ3n) is 5.77. The summed E-state index contributed by atoms with van der Waals surface area (Å²) in [5.41, 5.74) is 4.32. The van der Waals surface area contributed by atoms with Gasteiger partial charge in [0.25, 0.3) is 5.91 Å². The highest BCUT2D eigenvalue weighted by atomic mass is 16.2. The Hall–Kier alpha value is -2.28. The average Bonchev–Trinajstić information content (AvgIpc) is 2.68.